The third-order valence-electron chi connectivity index (χ3n) is 4.43. The minimum absolute atomic E-state index is 0.174. The zero-order valence-electron chi connectivity index (χ0n) is 17.8. The number of hydrogen-bond donors (Lipinski definition) is 3. The van der Waals surface area contributed by atoms with E-state index in [0.717, 1.165) is 6.42 Å². The van der Waals surface area contributed by atoms with Gasteiger partial charge in [0.2, 0.25) is 0 Å². The van der Waals surface area contributed by atoms with Gasteiger partial charge in [0, 0.05) is 56.1 Å². The van der Waals surface area contributed by atoms with Crippen LogP contribution in [0.3, 0.4) is 0 Å². The molecule has 2 rings (SSSR count). The van der Waals surface area contributed by atoms with Crippen molar-refractivity contribution in [1.82, 2.24) is 19.5 Å². The molecule has 0 aliphatic carbocycles. The molecule has 17 heteroatoms. The Morgan fingerprint density at radius 2 is 1.34 bits per heavy atom. The molecule has 2 aliphatic rings. The van der Waals surface area contributed by atoms with Crippen molar-refractivity contribution in [3.05, 3.63) is 0 Å². The van der Waals surface area contributed by atoms with Crippen LogP contribution < -0.4 is 10.2 Å². The Kier molecular flexibility index (Phi) is 17.0. The highest BCUT2D eigenvalue weighted by atomic mass is 35.5. The maximum Gasteiger partial charge on any atom is 0.345 e. The van der Waals surface area contributed by atoms with E-state index in [4.69, 9.17) is 60.7 Å². The maximum absolute atomic E-state index is 12.5. The summed E-state index contributed by atoms with van der Waals surface area (Å²) in [7, 11) is -6.14. The molecule has 2 heterocycles. The Labute approximate surface area is 214 Å². The second kappa shape index (κ2) is 17.2. The minimum Gasteiger partial charge on any atom is -0.306 e. The van der Waals surface area contributed by atoms with E-state index in [1.807, 2.05) is 6.26 Å². The molecule has 2 saturated heterocycles. The van der Waals surface area contributed by atoms with Crippen LogP contribution in [0.1, 0.15) is 12.8 Å². The number of halogens is 4. The van der Waals surface area contributed by atoms with Gasteiger partial charge in [-0.05, 0) is 12.7 Å². The van der Waals surface area contributed by atoms with Crippen molar-refractivity contribution in [3.8, 4) is 0 Å². The largest absolute Gasteiger partial charge is 0.345 e. The zero-order chi connectivity index (χ0) is 24.0. The predicted molar refractivity (Wildman–Crippen MR) is 133 cm³/mol. The molecule has 192 valence electrons. The van der Waals surface area contributed by atoms with Gasteiger partial charge in [0.25, 0.3) is 0 Å². The standard InChI is InChI=1S/C8H17Cl2N2O2PS.C7H15Cl2N2O4P/c1-16-8-2-7-14-15(13,11-8)12(5-3-9)6-4-10;8-2-4-11(5-3-9)16(13)10-7(15-12)1-6-14-16/h8H,2-7H2,1H3,(H,11,13);7,12H,1-6H2,(H,10,13). The molecule has 32 heavy (non-hydrogen) atoms. The molecule has 10 nitrogen and oxygen atoms in total. The zero-order valence-corrected chi connectivity index (χ0v) is 23.5. The highest BCUT2D eigenvalue weighted by Gasteiger charge is 2.38. The maximum atomic E-state index is 12.5. The number of nitrogens with one attached hydrogen (secondary N) is 2. The summed E-state index contributed by atoms with van der Waals surface area (Å²) in [6, 6.07) is 0. The van der Waals surface area contributed by atoms with Crippen molar-refractivity contribution < 1.29 is 28.3 Å². The van der Waals surface area contributed by atoms with Crippen molar-refractivity contribution in [3.63, 3.8) is 0 Å². The van der Waals surface area contributed by atoms with Gasteiger partial charge in [0.1, 0.15) is 0 Å². The average Bonchev–Trinajstić information content (AvgIpc) is 2.79. The molecule has 2 fully saturated rings. The van der Waals surface area contributed by atoms with E-state index < -0.39 is 21.6 Å². The van der Waals surface area contributed by atoms with E-state index in [1.165, 1.54) is 4.67 Å². The van der Waals surface area contributed by atoms with Gasteiger partial charge in [-0.25, -0.2) is 24.4 Å². The Morgan fingerprint density at radius 1 is 0.906 bits per heavy atom. The van der Waals surface area contributed by atoms with Gasteiger partial charge in [0.15, 0.2) is 6.23 Å². The van der Waals surface area contributed by atoms with Crippen LogP contribution in [0.15, 0.2) is 0 Å². The fourth-order valence-electron chi connectivity index (χ4n) is 2.85. The van der Waals surface area contributed by atoms with Gasteiger partial charge in [0.05, 0.1) is 18.6 Å². The lowest BCUT2D eigenvalue weighted by atomic mass is 10.4. The monoisotopic (exact) mass is 598 g/mol. The average molecular weight is 600 g/mol. The summed E-state index contributed by atoms with van der Waals surface area (Å²) >= 11 is 24.3. The molecule has 0 amide bonds. The molecule has 0 bridgehead atoms. The second-order valence-corrected chi connectivity index (χ2v) is 13.3. The number of rotatable bonds is 12. The van der Waals surface area contributed by atoms with Gasteiger partial charge < -0.3 is 9.05 Å². The summed E-state index contributed by atoms with van der Waals surface area (Å²) in [6.45, 7) is 2.56. The molecular formula is C15H32Cl4N4O6P2S. The second-order valence-electron chi connectivity index (χ2n) is 6.52. The number of hydrogen-bond acceptors (Lipinski definition) is 7. The Morgan fingerprint density at radius 3 is 1.75 bits per heavy atom. The molecule has 0 aromatic carbocycles. The molecular weight excluding hydrogens is 568 g/mol. The molecule has 3 N–H and O–H groups in total. The lowest BCUT2D eigenvalue weighted by Crippen LogP contribution is -2.42. The fourth-order valence-corrected chi connectivity index (χ4v) is 9.28. The first-order chi connectivity index (χ1) is 15.3. The van der Waals surface area contributed by atoms with Crippen molar-refractivity contribution in [2.75, 3.05) is 69.2 Å². The summed E-state index contributed by atoms with van der Waals surface area (Å²) in [5.41, 5.74) is 0. The molecule has 0 aromatic rings. The van der Waals surface area contributed by atoms with Crippen molar-refractivity contribution in [2.45, 2.75) is 24.4 Å². The van der Waals surface area contributed by atoms with Crippen LogP contribution in [0.2, 0.25) is 0 Å². The van der Waals surface area contributed by atoms with Gasteiger partial charge >= 0.3 is 15.3 Å². The molecule has 2 aliphatic heterocycles. The van der Waals surface area contributed by atoms with Crippen LogP contribution in [0, 0.1) is 0 Å². The van der Waals surface area contributed by atoms with Gasteiger partial charge in [-0.3, -0.25) is 14.4 Å². The molecule has 0 spiro atoms. The molecule has 0 radical (unpaired) electrons. The number of thioether (sulfide) groups is 1. The van der Waals surface area contributed by atoms with Crippen LogP contribution in [-0.4, -0.2) is 95.4 Å². The van der Waals surface area contributed by atoms with Crippen LogP contribution in [0.4, 0.5) is 0 Å². The molecule has 0 saturated carbocycles. The van der Waals surface area contributed by atoms with Crippen LogP contribution in [0.5, 0.6) is 0 Å². The van der Waals surface area contributed by atoms with Gasteiger partial charge in [-0.15, -0.1) is 58.2 Å². The first-order valence-electron chi connectivity index (χ1n) is 9.94. The first kappa shape index (κ1) is 31.7. The van der Waals surface area contributed by atoms with Crippen LogP contribution in [-0.2, 0) is 23.1 Å². The van der Waals surface area contributed by atoms with Crippen molar-refractivity contribution in [1.29, 1.82) is 0 Å². The lowest BCUT2D eigenvalue weighted by Gasteiger charge is -2.36. The number of nitrogens with zero attached hydrogens (tertiary/aromatic N) is 2. The third-order valence-corrected chi connectivity index (χ3v) is 10.8. The topological polar surface area (TPSA) is 113 Å². The van der Waals surface area contributed by atoms with Crippen LogP contribution in [0.25, 0.3) is 0 Å². The minimum atomic E-state index is -3.20. The lowest BCUT2D eigenvalue weighted by molar-refractivity contribution is -0.286. The highest BCUT2D eigenvalue weighted by Crippen LogP contribution is 2.51. The predicted octanol–water partition coefficient (Wildman–Crippen LogP) is 4.27. The van der Waals surface area contributed by atoms with E-state index in [1.54, 1.807) is 16.4 Å². The summed E-state index contributed by atoms with van der Waals surface area (Å²) in [6.07, 6.45) is 2.59. The van der Waals surface area contributed by atoms with E-state index in [0.29, 0.717) is 62.7 Å². The highest BCUT2D eigenvalue weighted by molar-refractivity contribution is 7.99. The van der Waals surface area contributed by atoms with E-state index in [9.17, 15) is 9.13 Å². The Hall–Kier alpha value is 1.65. The Bertz CT molecular complexity index is 558. The summed E-state index contributed by atoms with van der Waals surface area (Å²) in [4.78, 5) is 4.14. The van der Waals surface area contributed by atoms with Crippen molar-refractivity contribution >= 4 is 73.5 Å². The van der Waals surface area contributed by atoms with Gasteiger partial charge in [-0.2, -0.15) is 0 Å². The van der Waals surface area contributed by atoms with E-state index in [2.05, 4.69) is 15.1 Å². The normalized spacial score (nSPS) is 30.9. The quantitative estimate of drug-likeness (QED) is 0.129. The van der Waals surface area contributed by atoms with Crippen molar-refractivity contribution in [2.24, 2.45) is 0 Å². The molecule has 4 unspecified atom stereocenters. The Balaban J connectivity index is 0.000000320. The van der Waals surface area contributed by atoms with Crippen LogP contribution >= 0.6 is 73.5 Å². The SMILES string of the molecule is CSC1CCOP(=O)(N(CCCl)CCCl)N1.O=P1(N(CCCl)CCCl)NC(OO)CCO1. The van der Waals surface area contributed by atoms with E-state index >= 15 is 0 Å². The fraction of sp³-hybridized carbons (Fsp3) is 1.00. The molecule has 0 aromatic heterocycles. The number of alkyl halides is 4. The summed E-state index contributed by atoms with van der Waals surface area (Å²) in [5, 5.41) is 14.4. The summed E-state index contributed by atoms with van der Waals surface area (Å²) in [5.74, 6) is 1.46. The first-order valence-corrected chi connectivity index (χ1v) is 16.5. The summed E-state index contributed by atoms with van der Waals surface area (Å²) < 4.78 is 38.8. The van der Waals surface area contributed by atoms with E-state index in [-0.39, 0.29) is 12.0 Å². The smallest absolute Gasteiger partial charge is 0.306 e. The van der Waals surface area contributed by atoms with Gasteiger partial charge in [-0.1, -0.05) is 0 Å². The molecule has 4 atom stereocenters. The third kappa shape index (κ3) is 10.3.